The van der Waals surface area contributed by atoms with E-state index in [4.69, 9.17) is 0 Å². The van der Waals surface area contributed by atoms with Gasteiger partial charge in [-0.05, 0) is 98.6 Å². The highest BCUT2D eigenvalue weighted by atomic mass is 28.3. The van der Waals surface area contributed by atoms with Crippen LogP contribution in [0.15, 0.2) is 273 Å². The highest BCUT2D eigenvalue weighted by Gasteiger charge is 2.43. The van der Waals surface area contributed by atoms with Crippen LogP contribution in [0.1, 0.15) is 0 Å². The maximum Gasteiger partial charge on any atom is 0.181 e. The maximum absolute atomic E-state index is 2.97. The predicted octanol–water partition coefficient (Wildman–Crippen LogP) is 14.0. The Bertz CT molecular complexity index is 4130. The molecule has 11 aromatic carbocycles. The summed E-state index contributed by atoms with van der Waals surface area (Å²) in [4.78, 5) is 0. The molecule has 0 fully saturated rings. The Labute approximate surface area is 407 Å². The molecule has 14 aromatic rings. The molecule has 3 heterocycles. The third-order valence-corrected chi connectivity index (χ3v) is 19.6. The second-order valence-corrected chi connectivity index (χ2v) is 22.2. The SMILES string of the molecule is c1ccc(-c2cccc(-n3c4ccc(-n5c6ccccc6c6ccccc65)cc4c4cc(-n5c6ccccc6c6cccc([Si](c7ccccc7)(c7ccccc7)c7ccccc7)c65)ccc43)c2)cc1. The van der Waals surface area contributed by atoms with Crippen molar-refractivity contribution in [1.82, 2.24) is 13.7 Å². The summed E-state index contributed by atoms with van der Waals surface area (Å²) in [5.41, 5.74) is 12.9. The van der Waals surface area contributed by atoms with Gasteiger partial charge in [0.2, 0.25) is 0 Å². The number of rotatable bonds is 8. The molecule has 0 spiro atoms. The predicted molar refractivity (Wildman–Crippen MR) is 299 cm³/mol. The van der Waals surface area contributed by atoms with Crippen molar-refractivity contribution in [3.8, 4) is 28.2 Å². The van der Waals surface area contributed by atoms with Gasteiger partial charge >= 0.3 is 0 Å². The second kappa shape index (κ2) is 16.1. The van der Waals surface area contributed by atoms with Gasteiger partial charge in [0.25, 0.3) is 0 Å². The molecule has 0 saturated carbocycles. The lowest BCUT2D eigenvalue weighted by atomic mass is 10.1. The zero-order valence-corrected chi connectivity index (χ0v) is 39.3. The molecule has 0 unspecified atom stereocenters. The summed E-state index contributed by atoms with van der Waals surface area (Å²) < 4.78 is 7.48. The third-order valence-electron chi connectivity index (χ3n) is 14.8. The topological polar surface area (TPSA) is 14.8 Å². The molecule has 14 rings (SSSR count). The van der Waals surface area contributed by atoms with Crippen molar-refractivity contribution in [3.63, 3.8) is 0 Å². The summed E-state index contributed by atoms with van der Waals surface area (Å²) in [6.07, 6.45) is 0. The molecule has 0 N–H and O–H groups in total. The Morgan fingerprint density at radius 3 is 1.13 bits per heavy atom. The van der Waals surface area contributed by atoms with E-state index in [1.807, 2.05) is 0 Å². The van der Waals surface area contributed by atoms with Gasteiger partial charge in [0, 0.05) is 49.4 Å². The van der Waals surface area contributed by atoms with Gasteiger partial charge in [0.1, 0.15) is 0 Å². The normalized spacial score (nSPS) is 12.0. The van der Waals surface area contributed by atoms with Crippen molar-refractivity contribution < 1.29 is 0 Å². The van der Waals surface area contributed by atoms with Crippen molar-refractivity contribution in [3.05, 3.63) is 273 Å². The summed E-state index contributed by atoms with van der Waals surface area (Å²) in [7, 11) is -2.97. The molecule has 3 aromatic heterocycles. The van der Waals surface area contributed by atoms with E-state index in [1.54, 1.807) is 0 Å². The van der Waals surface area contributed by atoms with Gasteiger partial charge in [-0.15, -0.1) is 0 Å². The number of benzene rings is 11. The van der Waals surface area contributed by atoms with Crippen molar-refractivity contribution in [1.29, 1.82) is 0 Å². The Balaban J connectivity index is 1.09. The van der Waals surface area contributed by atoms with Crippen molar-refractivity contribution in [2.45, 2.75) is 0 Å². The summed E-state index contributed by atoms with van der Waals surface area (Å²) in [5.74, 6) is 0. The Kier molecular flexibility index (Phi) is 9.23. The van der Waals surface area contributed by atoms with Crippen LogP contribution in [0.25, 0.3) is 93.6 Å². The van der Waals surface area contributed by atoms with Crippen LogP contribution in [0, 0.1) is 0 Å². The molecule has 0 amide bonds. The highest BCUT2D eigenvalue weighted by molar-refractivity contribution is 7.20. The van der Waals surface area contributed by atoms with E-state index >= 15 is 0 Å². The van der Waals surface area contributed by atoms with Gasteiger partial charge in [-0.3, -0.25) is 0 Å². The minimum absolute atomic E-state index is 1.13. The van der Waals surface area contributed by atoms with Gasteiger partial charge in [-0.2, -0.15) is 0 Å². The molecule has 0 aliphatic heterocycles. The van der Waals surface area contributed by atoms with E-state index < -0.39 is 8.07 Å². The first kappa shape index (κ1) is 40.1. The number of para-hydroxylation sites is 4. The number of nitrogens with zero attached hydrogens (tertiary/aromatic N) is 3. The minimum Gasteiger partial charge on any atom is -0.309 e. The van der Waals surface area contributed by atoms with Crippen LogP contribution < -0.4 is 20.7 Å². The van der Waals surface area contributed by atoms with Gasteiger partial charge in [0.15, 0.2) is 8.07 Å². The summed E-state index contributed by atoms with van der Waals surface area (Å²) in [5, 5.41) is 12.8. The van der Waals surface area contributed by atoms with Gasteiger partial charge in [0.05, 0.1) is 33.1 Å². The number of hydrogen-bond donors (Lipinski definition) is 0. The van der Waals surface area contributed by atoms with Crippen LogP contribution in [-0.4, -0.2) is 21.8 Å². The first-order valence-corrected chi connectivity index (χ1v) is 26.2. The molecule has 3 nitrogen and oxygen atoms in total. The molecule has 0 bridgehead atoms. The standard InChI is InChI=1S/C66H45N3Si/c1-5-21-46(22-6-1)47-23-19-24-48(43-47)67-63-41-39-49(68-60-35-16-13-31-54(60)55-32-14-17-36-61(55)68)44-58(63)59-45-50(40-42-64(59)67)69-62-37-18-15-33-56(62)57-34-20-38-65(66(57)69)70(51-25-7-2-8-26-51,52-27-9-3-10-28-52)53-29-11-4-12-30-53/h1-45H. The number of fused-ring (bicyclic) bond motifs is 9. The first-order chi connectivity index (χ1) is 34.8. The van der Waals surface area contributed by atoms with Crippen LogP contribution in [0.2, 0.25) is 0 Å². The average molecular weight is 908 g/mol. The van der Waals surface area contributed by atoms with E-state index in [1.165, 1.54) is 86.3 Å². The van der Waals surface area contributed by atoms with Gasteiger partial charge in [-0.25, -0.2) is 0 Å². The largest absolute Gasteiger partial charge is 0.309 e. The monoisotopic (exact) mass is 907 g/mol. The minimum atomic E-state index is -2.97. The smallest absolute Gasteiger partial charge is 0.181 e. The van der Waals surface area contributed by atoms with Crippen LogP contribution >= 0.6 is 0 Å². The van der Waals surface area contributed by atoms with E-state index in [2.05, 4.69) is 287 Å². The van der Waals surface area contributed by atoms with Crippen LogP contribution in [0.3, 0.4) is 0 Å². The molecular weight excluding hydrogens is 863 g/mol. The molecule has 0 radical (unpaired) electrons. The van der Waals surface area contributed by atoms with Crippen molar-refractivity contribution in [2.75, 3.05) is 0 Å². The lowest BCUT2D eigenvalue weighted by molar-refractivity contribution is 1.16. The van der Waals surface area contributed by atoms with Crippen LogP contribution in [0.4, 0.5) is 0 Å². The third kappa shape index (κ3) is 6.00. The summed E-state index contributed by atoms with van der Waals surface area (Å²) in [6.45, 7) is 0. The van der Waals surface area contributed by atoms with Crippen molar-refractivity contribution in [2.24, 2.45) is 0 Å². The van der Waals surface area contributed by atoms with Gasteiger partial charge < -0.3 is 13.7 Å². The Morgan fingerprint density at radius 2 is 0.600 bits per heavy atom. The van der Waals surface area contributed by atoms with E-state index in [-0.39, 0.29) is 0 Å². The quantitative estimate of drug-likeness (QED) is 0.107. The zero-order valence-electron chi connectivity index (χ0n) is 38.3. The molecular formula is C66H45N3Si. The zero-order chi connectivity index (χ0) is 46.2. The van der Waals surface area contributed by atoms with E-state index in [0.29, 0.717) is 0 Å². The molecule has 4 heteroatoms. The van der Waals surface area contributed by atoms with E-state index in [0.717, 1.165) is 28.1 Å². The molecule has 0 saturated heterocycles. The van der Waals surface area contributed by atoms with Crippen LogP contribution in [-0.2, 0) is 0 Å². The fraction of sp³-hybridized carbons (Fsp3) is 0. The average Bonchev–Trinajstić information content (AvgIpc) is 4.08. The fourth-order valence-electron chi connectivity index (χ4n) is 11.8. The van der Waals surface area contributed by atoms with E-state index in [9.17, 15) is 0 Å². The Morgan fingerprint density at radius 1 is 0.229 bits per heavy atom. The molecule has 328 valence electrons. The number of aromatic nitrogens is 3. The Hall–Kier alpha value is -8.96. The maximum atomic E-state index is 2.58. The summed E-state index contributed by atoms with van der Waals surface area (Å²) >= 11 is 0. The molecule has 0 aliphatic carbocycles. The highest BCUT2D eigenvalue weighted by Crippen LogP contribution is 2.40. The number of hydrogen-bond acceptors (Lipinski definition) is 0. The molecule has 70 heavy (non-hydrogen) atoms. The fourth-order valence-corrected chi connectivity index (χ4v) is 16.8. The molecule has 0 aliphatic rings. The lowest BCUT2D eigenvalue weighted by Gasteiger charge is -2.35. The first-order valence-electron chi connectivity index (χ1n) is 24.2. The summed E-state index contributed by atoms with van der Waals surface area (Å²) in [6, 6.07) is 101. The van der Waals surface area contributed by atoms with Gasteiger partial charge in [-0.1, -0.05) is 206 Å². The van der Waals surface area contributed by atoms with Crippen LogP contribution in [0.5, 0.6) is 0 Å². The lowest BCUT2D eigenvalue weighted by Crippen LogP contribution is -2.75. The molecule has 0 atom stereocenters. The second-order valence-electron chi connectivity index (χ2n) is 18.4. The van der Waals surface area contributed by atoms with Crippen molar-refractivity contribution >= 4 is 94.2 Å².